The average Bonchev–Trinajstić information content (AvgIpc) is 2.64. The summed E-state index contributed by atoms with van der Waals surface area (Å²) in [5, 5.41) is 3.22. The Balaban J connectivity index is 1.79. The van der Waals surface area contributed by atoms with Gasteiger partial charge in [0.1, 0.15) is 12.4 Å². The molecule has 0 unspecified atom stereocenters. The van der Waals surface area contributed by atoms with Gasteiger partial charge < -0.3 is 10.1 Å². The van der Waals surface area contributed by atoms with Crippen LogP contribution in [-0.2, 0) is 4.79 Å². The molecule has 0 aliphatic carbocycles. The Hall–Kier alpha value is -1.59. The van der Waals surface area contributed by atoms with E-state index in [9.17, 15) is 9.59 Å². The van der Waals surface area contributed by atoms with Gasteiger partial charge in [0.2, 0.25) is 5.91 Å². The molecule has 1 N–H and O–H groups in total. The van der Waals surface area contributed by atoms with Crippen molar-refractivity contribution in [2.45, 2.75) is 6.42 Å². The largest absolute Gasteiger partial charge is 0.492 e. The van der Waals surface area contributed by atoms with Crippen LogP contribution in [0.2, 0.25) is 5.02 Å². The van der Waals surface area contributed by atoms with Crippen LogP contribution in [-0.4, -0.2) is 49.9 Å². The lowest BCUT2D eigenvalue weighted by molar-refractivity contribution is -0.120. The molecule has 1 aromatic rings. The zero-order valence-electron chi connectivity index (χ0n) is 11.1. The first-order valence-electron chi connectivity index (χ1n) is 6.55. The zero-order valence-corrected chi connectivity index (χ0v) is 11.9. The maximum atomic E-state index is 11.2. The van der Waals surface area contributed by atoms with Gasteiger partial charge in [-0.25, -0.2) is 0 Å². The summed E-state index contributed by atoms with van der Waals surface area (Å²) in [7, 11) is 0. The van der Waals surface area contributed by atoms with Crippen molar-refractivity contribution in [1.29, 1.82) is 0 Å². The molecule has 0 saturated carbocycles. The highest BCUT2D eigenvalue weighted by atomic mass is 35.5. The summed E-state index contributed by atoms with van der Waals surface area (Å²) >= 11 is 5.93. The van der Waals surface area contributed by atoms with Crippen LogP contribution in [0.25, 0.3) is 0 Å². The molecule has 1 aliphatic heterocycles. The van der Waals surface area contributed by atoms with E-state index >= 15 is 0 Å². The van der Waals surface area contributed by atoms with Crippen molar-refractivity contribution in [3.05, 3.63) is 28.8 Å². The van der Waals surface area contributed by atoms with Crippen LogP contribution in [0.1, 0.15) is 16.8 Å². The van der Waals surface area contributed by atoms with E-state index in [-0.39, 0.29) is 5.91 Å². The molecule has 1 aromatic carbocycles. The minimum Gasteiger partial charge on any atom is -0.492 e. The number of benzene rings is 1. The van der Waals surface area contributed by atoms with Crippen LogP contribution in [0, 0.1) is 0 Å². The summed E-state index contributed by atoms with van der Waals surface area (Å²) in [6.07, 6.45) is 1.24. The molecule has 1 aliphatic rings. The number of hydrogen-bond donors (Lipinski definition) is 1. The molecule has 1 heterocycles. The quantitative estimate of drug-likeness (QED) is 0.834. The maximum Gasteiger partial charge on any atom is 0.221 e. The molecule has 108 valence electrons. The number of rotatable bonds is 5. The number of aldehydes is 1. The lowest BCUT2D eigenvalue weighted by Crippen LogP contribution is -2.32. The number of amides is 1. The van der Waals surface area contributed by atoms with E-state index in [0.717, 1.165) is 19.6 Å². The lowest BCUT2D eigenvalue weighted by Gasteiger charge is -2.19. The number of carbonyl (C=O) groups excluding carboxylic acids is 2. The number of halogens is 1. The fraction of sp³-hybridized carbons (Fsp3) is 0.429. The Morgan fingerprint density at radius 2 is 2.25 bits per heavy atom. The van der Waals surface area contributed by atoms with Crippen molar-refractivity contribution < 1.29 is 14.3 Å². The van der Waals surface area contributed by atoms with E-state index in [1.54, 1.807) is 18.2 Å². The third kappa shape index (κ3) is 4.21. The first kappa shape index (κ1) is 14.8. The topological polar surface area (TPSA) is 58.6 Å². The highest BCUT2D eigenvalue weighted by molar-refractivity contribution is 6.33. The molecule has 20 heavy (non-hydrogen) atoms. The Morgan fingerprint density at radius 1 is 1.40 bits per heavy atom. The number of carbonyl (C=O) groups is 2. The van der Waals surface area contributed by atoms with E-state index in [2.05, 4.69) is 10.2 Å². The van der Waals surface area contributed by atoms with Crippen molar-refractivity contribution in [2.24, 2.45) is 0 Å². The summed E-state index contributed by atoms with van der Waals surface area (Å²) in [5.74, 6) is 0.745. The number of ether oxygens (including phenoxy) is 1. The van der Waals surface area contributed by atoms with Crippen LogP contribution in [0.3, 0.4) is 0 Å². The van der Waals surface area contributed by atoms with Gasteiger partial charge in [0, 0.05) is 38.2 Å². The highest BCUT2D eigenvalue weighted by Crippen LogP contribution is 2.21. The molecule has 0 atom stereocenters. The molecule has 6 heteroatoms. The fourth-order valence-corrected chi connectivity index (χ4v) is 2.24. The smallest absolute Gasteiger partial charge is 0.221 e. The minimum atomic E-state index is 0.102. The Bertz CT molecular complexity index is 493. The molecular weight excluding hydrogens is 280 g/mol. The van der Waals surface area contributed by atoms with Gasteiger partial charge in [-0.15, -0.1) is 0 Å². The van der Waals surface area contributed by atoms with Crippen LogP contribution in [0.15, 0.2) is 18.2 Å². The minimum absolute atomic E-state index is 0.102. The van der Waals surface area contributed by atoms with E-state index in [0.29, 0.717) is 42.2 Å². The second kappa shape index (κ2) is 7.26. The van der Waals surface area contributed by atoms with Crippen molar-refractivity contribution in [3.63, 3.8) is 0 Å². The first-order chi connectivity index (χ1) is 9.69. The summed E-state index contributed by atoms with van der Waals surface area (Å²) in [6.45, 7) is 3.53. The summed E-state index contributed by atoms with van der Waals surface area (Å²) < 4.78 is 5.61. The first-order valence-corrected chi connectivity index (χ1v) is 6.93. The standard InChI is InChI=1S/C14H17ClN2O3/c15-13-9-12(2-1-11(13)10-18)20-8-7-17-5-3-14(19)16-4-6-17/h1-2,9-10H,3-8H2,(H,16,19). The Labute approximate surface area is 122 Å². The highest BCUT2D eigenvalue weighted by Gasteiger charge is 2.12. The number of hydrogen-bond acceptors (Lipinski definition) is 4. The van der Waals surface area contributed by atoms with Gasteiger partial charge in [0.15, 0.2) is 6.29 Å². The van der Waals surface area contributed by atoms with Crippen molar-refractivity contribution in [3.8, 4) is 5.75 Å². The van der Waals surface area contributed by atoms with Crippen molar-refractivity contribution in [1.82, 2.24) is 10.2 Å². The second-order valence-corrected chi connectivity index (χ2v) is 5.00. The predicted octanol–water partition coefficient (Wildman–Crippen LogP) is 1.35. The molecule has 1 saturated heterocycles. The SMILES string of the molecule is O=Cc1ccc(OCCN2CCNC(=O)CC2)cc1Cl. The third-order valence-electron chi connectivity index (χ3n) is 3.18. The maximum absolute atomic E-state index is 11.2. The summed E-state index contributed by atoms with van der Waals surface area (Å²) in [5.41, 5.74) is 0.455. The normalized spacial score (nSPS) is 16.4. The molecular formula is C14H17ClN2O3. The molecule has 5 nitrogen and oxygen atoms in total. The Kier molecular flexibility index (Phi) is 5.38. The van der Waals surface area contributed by atoms with Gasteiger partial charge in [-0.1, -0.05) is 11.6 Å². The molecule has 1 fully saturated rings. The van der Waals surface area contributed by atoms with Gasteiger partial charge in [0.25, 0.3) is 0 Å². The molecule has 0 radical (unpaired) electrons. The van der Waals surface area contributed by atoms with Crippen LogP contribution in [0.4, 0.5) is 0 Å². The molecule has 0 spiro atoms. The van der Waals surface area contributed by atoms with E-state index in [4.69, 9.17) is 16.3 Å². The van der Waals surface area contributed by atoms with Gasteiger partial charge in [0.05, 0.1) is 5.02 Å². The fourth-order valence-electron chi connectivity index (χ4n) is 2.02. The number of nitrogens with one attached hydrogen (secondary N) is 1. The van der Waals surface area contributed by atoms with Gasteiger partial charge in [-0.3, -0.25) is 14.5 Å². The summed E-state index contributed by atoms with van der Waals surface area (Å²) in [4.78, 5) is 24.0. The summed E-state index contributed by atoms with van der Waals surface area (Å²) in [6, 6.07) is 5.00. The van der Waals surface area contributed by atoms with Crippen LogP contribution in [0.5, 0.6) is 5.75 Å². The predicted molar refractivity (Wildman–Crippen MR) is 76.4 cm³/mol. The molecule has 1 amide bonds. The van der Waals surface area contributed by atoms with E-state index < -0.39 is 0 Å². The van der Waals surface area contributed by atoms with Crippen LogP contribution < -0.4 is 10.1 Å². The van der Waals surface area contributed by atoms with Crippen molar-refractivity contribution >= 4 is 23.8 Å². The third-order valence-corrected chi connectivity index (χ3v) is 3.51. The average molecular weight is 297 g/mol. The monoisotopic (exact) mass is 296 g/mol. The molecule has 0 bridgehead atoms. The van der Waals surface area contributed by atoms with Crippen molar-refractivity contribution in [2.75, 3.05) is 32.8 Å². The van der Waals surface area contributed by atoms with Gasteiger partial charge in [-0.2, -0.15) is 0 Å². The number of nitrogens with zero attached hydrogens (tertiary/aromatic N) is 1. The van der Waals surface area contributed by atoms with Gasteiger partial charge in [-0.05, 0) is 18.2 Å². The molecule has 0 aromatic heterocycles. The second-order valence-electron chi connectivity index (χ2n) is 4.59. The van der Waals surface area contributed by atoms with E-state index in [1.165, 1.54) is 0 Å². The zero-order chi connectivity index (χ0) is 14.4. The lowest BCUT2D eigenvalue weighted by atomic mass is 10.2. The van der Waals surface area contributed by atoms with Crippen LogP contribution >= 0.6 is 11.6 Å². The van der Waals surface area contributed by atoms with Gasteiger partial charge >= 0.3 is 0 Å². The Morgan fingerprint density at radius 3 is 3.00 bits per heavy atom. The molecule has 2 rings (SSSR count). The van der Waals surface area contributed by atoms with E-state index in [1.807, 2.05) is 0 Å².